The van der Waals surface area contributed by atoms with Crippen LogP contribution in [0.5, 0.6) is 0 Å². The normalized spacial score (nSPS) is 12.8. The van der Waals surface area contributed by atoms with E-state index in [1.54, 1.807) is 34.6 Å². The summed E-state index contributed by atoms with van der Waals surface area (Å²) in [6.07, 6.45) is -0.415. The van der Waals surface area contributed by atoms with E-state index in [0.29, 0.717) is 11.1 Å². The first kappa shape index (κ1) is 16.7. The molecule has 0 heterocycles. The van der Waals surface area contributed by atoms with E-state index in [2.05, 4.69) is 0 Å². The fourth-order valence-corrected chi connectivity index (χ4v) is 1.51. The lowest BCUT2D eigenvalue weighted by Gasteiger charge is -2.17. The minimum absolute atomic E-state index is 0.0871. The van der Waals surface area contributed by atoms with Crippen molar-refractivity contribution in [2.75, 3.05) is 0 Å². The molecule has 0 fully saturated rings. The second-order valence-electron chi connectivity index (χ2n) is 5.10. The van der Waals surface area contributed by atoms with Gasteiger partial charge >= 0.3 is 11.9 Å². The highest BCUT2D eigenvalue weighted by atomic mass is 16.5. The number of carbonyl (C=O) groups excluding carboxylic acids is 2. The molecule has 0 radical (unpaired) electrons. The van der Waals surface area contributed by atoms with Crippen molar-refractivity contribution in [2.24, 2.45) is 5.92 Å². The monoisotopic (exact) mass is 256 g/mol. The summed E-state index contributed by atoms with van der Waals surface area (Å²) >= 11 is 0. The summed E-state index contributed by atoms with van der Waals surface area (Å²) in [5, 5.41) is 0. The molecule has 104 valence electrons. The van der Waals surface area contributed by atoms with Crippen molar-refractivity contribution >= 4 is 11.9 Å². The maximum Gasteiger partial charge on any atom is 0.335 e. The first-order valence-electron chi connectivity index (χ1n) is 6.29. The minimum atomic E-state index is -0.464. The third kappa shape index (κ3) is 5.34. The summed E-state index contributed by atoms with van der Waals surface area (Å²) in [7, 11) is 0. The van der Waals surface area contributed by atoms with Gasteiger partial charge < -0.3 is 9.47 Å². The van der Waals surface area contributed by atoms with Crippen molar-refractivity contribution in [3.05, 3.63) is 11.1 Å². The van der Waals surface area contributed by atoms with Crippen LogP contribution in [0, 0.1) is 5.92 Å². The van der Waals surface area contributed by atoms with Crippen molar-refractivity contribution in [3.63, 3.8) is 0 Å². The number of hydrogen-bond donors (Lipinski definition) is 0. The van der Waals surface area contributed by atoms with E-state index in [0.717, 1.165) is 0 Å². The maximum atomic E-state index is 11.9. The Labute approximate surface area is 109 Å². The molecule has 0 saturated heterocycles. The summed E-state index contributed by atoms with van der Waals surface area (Å²) in [4.78, 5) is 23.7. The fraction of sp³-hybridized carbons (Fsp3) is 0.714. The summed E-state index contributed by atoms with van der Waals surface area (Å²) in [5.41, 5.74) is 0.707. The molecule has 0 amide bonds. The van der Waals surface area contributed by atoms with Crippen LogP contribution in [0.25, 0.3) is 0 Å². The Kier molecular flexibility index (Phi) is 6.66. The molecular formula is C14H24O4. The van der Waals surface area contributed by atoms with Gasteiger partial charge in [0.05, 0.1) is 12.2 Å². The summed E-state index contributed by atoms with van der Waals surface area (Å²) in [5.74, 6) is -0.997. The maximum absolute atomic E-state index is 11.9. The predicted molar refractivity (Wildman–Crippen MR) is 70.0 cm³/mol. The third-order valence-corrected chi connectivity index (χ3v) is 2.19. The van der Waals surface area contributed by atoms with Crippen LogP contribution in [0.1, 0.15) is 48.5 Å². The molecule has 0 aliphatic heterocycles. The number of rotatable bonds is 5. The number of esters is 2. The molecule has 0 spiro atoms. The number of hydrogen-bond acceptors (Lipinski definition) is 4. The van der Waals surface area contributed by atoms with Gasteiger partial charge in [0.25, 0.3) is 0 Å². The second kappa shape index (κ2) is 7.19. The molecule has 0 aliphatic carbocycles. The summed E-state index contributed by atoms with van der Waals surface area (Å²) in [6, 6.07) is 0. The van der Waals surface area contributed by atoms with Gasteiger partial charge in [0.2, 0.25) is 0 Å². The van der Waals surface area contributed by atoms with Gasteiger partial charge in [-0.3, -0.25) is 0 Å². The highest BCUT2D eigenvalue weighted by Crippen LogP contribution is 2.19. The molecule has 0 aromatic carbocycles. The largest absolute Gasteiger partial charge is 0.460 e. The smallest absolute Gasteiger partial charge is 0.335 e. The molecule has 0 aromatic heterocycles. The second-order valence-corrected chi connectivity index (χ2v) is 5.10. The summed E-state index contributed by atoms with van der Waals surface area (Å²) < 4.78 is 10.2. The van der Waals surface area contributed by atoms with E-state index in [9.17, 15) is 9.59 Å². The average molecular weight is 256 g/mol. The molecule has 4 nitrogen and oxygen atoms in total. The van der Waals surface area contributed by atoms with Crippen LogP contribution >= 0.6 is 0 Å². The lowest BCUT2D eigenvalue weighted by molar-refractivity contribution is -0.146. The van der Waals surface area contributed by atoms with E-state index in [1.807, 2.05) is 13.8 Å². The molecule has 18 heavy (non-hydrogen) atoms. The Bertz CT molecular complexity index is 338. The Hall–Kier alpha value is -1.32. The molecule has 4 heteroatoms. The lowest BCUT2D eigenvalue weighted by Crippen LogP contribution is -2.22. The van der Waals surface area contributed by atoms with E-state index in [1.165, 1.54) is 0 Å². The van der Waals surface area contributed by atoms with Crippen molar-refractivity contribution < 1.29 is 19.1 Å². The highest BCUT2D eigenvalue weighted by Gasteiger charge is 2.23. The van der Waals surface area contributed by atoms with Crippen LogP contribution in [0.4, 0.5) is 0 Å². The zero-order chi connectivity index (χ0) is 14.5. The van der Waals surface area contributed by atoms with Gasteiger partial charge in [0.1, 0.15) is 0 Å². The Morgan fingerprint density at radius 1 is 0.778 bits per heavy atom. The van der Waals surface area contributed by atoms with Crippen LogP contribution in [0.3, 0.4) is 0 Å². The average Bonchev–Trinajstić information content (AvgIpc) is 2.14. The first-order chi connectivity index (χ1) is 8.16. The first-order valence-corrected chi connectivity index (χ1v) is 6.29. The molecule has 0 bridgehead atoms. The van der Waals surface area contributed by atoms with E-state index in [-0.39, 0.29) is 18.1 Å². The van der Waals surface area contributed by atoms with Crippen molar-refractivity contribution in [1.29, 1.82) is 0 Å². The Morgan fingerprint density at radius 2 is 1.17 bits per heavy atom. The van der Waals surface area contributed by atoms with Gasteiger partial charge in [-0.05, 0) is 40.5 Å². The molecule has 0 rings (SSSR count). The van der Waals surface area contributed by atoms with E-state index >= 15 is 0 Å². The fourth-order valence-electron chi connectivity index (χ4n) is 1.51. The Balaban J connectivity index is 5.18. The van der Waals surface area contributed by atoms with Crippen LogP contribution in [0.15, 0.2) is 11.1 Å². The predicted octanol–water partition coefficient (Wildman–Crippen LogP) is 2.86. The zero-order valence-electron chi connectivity index (χ0n) is 12.4. The highest BCUT2D eigenvalue weighted by molar-refractivity contribution is 6.00. The van der Waals surface area contributed by atoms with Crippen molar-refractivity contribution in [1.82, 2.24) is 0 Å². The minimum Gasteiger partial charge on any atom is -0.460 e. The third-order valence-electron chi connectivity index (χ3n) is 2.19. The molecule has 0 aliphatic rings. The van der Waals surface area contributed by atoms with Gasteiger partial charge in [0.15, 0.2) is 0 Å². The lowest BCUT2D eigenvalue weighted by atomic mass is 9.98. The standard InChI is InChI=1S/C14H24O4/c1-8(2)12(14(16)18-10(5)6)11(7)13(15)17-9(3)4/h8-10H,1-7H3. The van der Waals surface area contributed by atoms with Crippen LogP contribution < -0.4 is 0 Å². The molecule has 0 atom stereocenters. The van der Waals surface area contributed by atoms with Gasteiger partial charge in [-0.1, -0.05) is 13.8 Å². The van der Waals surface area contributed by atoms with Crippen LogP contribution in [-0.2, 0) is 19.1 Å². The van der Waals surface area contributed by atoms with E-state index in [4.69, 9.17) is 9.47 Å². The quantitative estimate of drug-likeness (QED) is 0.560. The molecular weight excluding hydrogens is 232 g/mol. The number of carbonyl (C=O) groups is 2. The van der Waals surface area contributed by atoms with Crippen molar-refractivity contribution in [3.8, 4) is 0 Å². The van der Waals surface area contributed by atoms with Gasteiger partial charge in [0, 0.05) is 11.1 Å². The molecule has 0 saturated carbocycles. The zero-order valence-corrected chi connectivity index (χ0v) is 12.4. The number of ether oxygens (including phenoxy) is 2. The molecule has 0 aromatic rings. The van der Waals surface area contributed by atoms with Gasteiger partial charge in [-0.2, -0.15) is 0 Å². The Morgan fingerprint density at radius 3 is 1.50 bits per heavy atom. The van der Waals surface area contributed by atoms with Gasteiger partial charge in [-0.25, -0.2) is 9.59 Å². The topological polar surface area (TPSA) is 52.6 Å². The van der Waals surface area contributed by atoms with Crippen LogP contribution in [0.2, 0.25) is 0 Å². The van der Waals surface area contributed by atoms with E-state index < -0.39 is 11.9 Å². The molecule has 0 unspecified atom stereocenters. The molecule has 0 N–H and O–H groups in total. The van der Waals surface area contributed by atoms with Gasteiger partial charge in [-0.15, -0.1) is 0 Å². The summed E-state index contributed by atoms with van der Waals surface area (Å²) in [6.45, 7) is 12.4. The van der Waals surface area contributed by atoms with Crippen molar-refractivity contribution in [2.45, 2.75) is 60.7 Å². The van der Waals surface area contributed by atoms with Crippen LogP contribution in [-0.4, -0.2) is 24.1 Å². The SMILES string of the molecule is CC(C(=O)OC(C)C)=C(C(=O)OC(C)C)C(C)C.